The van der Waals surface area contributed by atoms with Crippen LogP contribution in [0.3, 0.4) is 0 Å². The lowest BCUT2D eigenvalue weighted by molar-refractivity contribution is 0.430. The number of hydrogen-bond donors (Lipinski definition) is 1. The summed E-state index contributed by atoms with van der Waals surface area (Å²) in [6, 6.07) is 5.59. The van der Waals surface area contributed by atoms with E-state index < -0.39 is 11.6 Å². The number of rotatable bonds is 3. The summed E-state index contributed by atoms with van der Waals surface area (Å²) in [5.41, 5.74) is 1.07. The Labute approximate surface area is 123 Å². The van der Waals surface area contributed by atoms with Crippen LogP contribution in [-0.4, -0.2) is 16.3 Å². The fourth-order valence-electron chi connectivity index (χ4n) is 2.89. The maximum Gasteiger partial charge on any atom is 0.131 e. The van der Waals surface area contributed by atoms with Gasteiger partial charge in [0.05, 0.1) is 11.7 Å². The van der Waals surface area contributed by atoms with Gasteiger partial charge in [-0.3, -0.25) is 0 Å². The molecule has 0 radical (unpaired) electrons. The number of nitrogens with one attached hydrogen (secondary N) is 1. The molecule has 0 bridgehead atoms. The minimum Gasteiger partial charge on any atom is -0.370 e. The third-order valence-electron chi connectivity index (χ3n) is 3.76. The van der Waals surface area contributed by atoms with Crippen molar-refractivity contribution in [3.63, 3.8) is 0 Å². The Morgan fingerprint density at radius 3 is 2.71 bits per heavy atom. The molecule has 112 valence electrons. The van der Waals surface area contributed by atoms with Crippen molar-refractivity contribution in [3.05, 3.63) is 47.2 Å². The quantitative estimate of drug-likeness (QED) is 0.933. The van der Waals surface area contributed by atoms with E-state index in [1.54, 1.807) is 4.68 Å². The predicted molar refractivity (Wildman–Crippen MR) is 78.4 cm³/mol. The normalized spacial score (nSPS) is 17.7. The van der Waals surface area contributed by atoms with Gasteiger partial charge in [0, 0.05) is 18.2 Å². The van der Waals surface area contributed by atoms with Crippen molar-refractivity contribution in [3.8, 4) is 0 Å². The molecule has 1 unspecified atom stereocenters. The van der Waals surface area contributed by atoms with E-state index in [1.165, 1.54) is 18.2 Å². The van der Waals surface area contributed by atoms with E-state index in [9.17, 15) is 8.78 Å². The molecule has 0 saturated heterocycles. The molecule has 1 aliphatic rings. The van der Waals surface area contributed by atoms with E-state index >= 15 is 0 Å². The van der Waals surface area contributed by atoms with Crippen molar-refractivity contribution >= 4 is 5.82 Å². The van der Waals surface area contributed by atoms with E-state index in [2.05, 4.69) is 24.3 Å². The summed E-state index contributed by atoms with van der Waals surface area (Å²) in [5.74, 6) is 0.317. The predicted octanol–water partition coefficient (Wildman–Crippen LogP) is 3.76. The largest absolute Gasteiger partial charge is 0.370 e. The number of benzene rings is 1. The second kappa shape index (κ2) is 5.47. The van der Waals surface area contributed by atoms with Gasteiger partial charge in [0.2, 0.25) is 0 Å². The topological polar surface area (TPSA) is 29.9 Å². The SMILES string of the molecule is CC(C)Cc1cc2n(n1)C(c1c(F)cccc1F)CCN2. The van der Waals surface area contributed by atoms with Gasteiger partial charge in [0.1, 0.15) is 17.5 Å². The molecule has 3 rings (SSSR count). The molecule has 1 aliphatic heterocycles. The van der Waals surface area contributed by atoms with Gasteiger partial charge in [-0.15, -0.1) is 0 Å². The van der Waals surface area contributed by atoms with Crippen LogP contribution in [0.4, 0.5) is 14.6 Å². The Bertz CT molecular complexity index is 629. The zero-order chi connectivity index (χ0) is 15.0. The van der Waals surface area contributed by atoms with Gasteiger partial charge in [-0.2, -0.15) is 5.10 Å². The van der Waals surface area contributed by atoms with E-state index in [-0.39, 0.29) is 11.6 Å². The van der Waals surface area contributed by atoms with Gasteiger partial charge < -0.3 is 5.32 Å². The minimum atomic E-state index is -0.506. The fraction of sp³-hybridized carbons (Fsp3) is 0.438. The number of aromatic nitrogens is 2. The molecule has 1 atom stereocenters. The molecule has 0 aliphatic carbocycles. The van der Waals surface area contributed by atoms with Crippen LogP contribution in [0.25, 0.3) is 0 Å². The summed E-state index contributed by atoms with van der Waals surface area (Å²) in [6.07, 6.45) is 1.47. The van der Waals surface area contributed by atoms with Crippen molar-refractivity contribution in [2.75, 3.05) is 11.9 Å². The third-order valence-corrected chi connectivity index (χ3v) is 3.76. The monoisotopic (exact) mass is 291 g/mol. The number of hydrogen-bond acceptors (Lipinski definition) is 2. The number of nitrogens with zero attached hydrogens (tertiary/aromatic N) is 2. The van der Waals surface area contributed by atoms with E-state index in [0.29, 0.717) is 18.9 Å². The average molecular weight is 291 g/mol. The summed E-state index contributed by atoms with van der Waals surface area (Å²) in [4.78, 5) is 0. The highest BCUT2D eigenvalue weighted by Gasteiger charge is 2.27. The van der Waals surface area contributed by atoms with Gasteiger partial charge in [0.15, 0.2) is 0 Å². The molecular formula is C16H19F2N3. The lowest BCUT2D eigenvalue weighted by atomic mass is 10.0. The Hall–Kier alpha value is -1.91. The zero-order valence-corrected chi connectivity index (χ0v) is 12.2. The highest BCUT2D eigenvalue weighted by molar-refractivity contribution is 5.42. The Balaban J connectivity index is 2.02. The molecule has 1 N–H and O–H groups in total. The van der Waals surface area contributed by atoms with Crippen LogP contribution < -0.4 is 5.32 Å². The zero-order valence-electron chi connectivity index (χ0n) is 12.2. The fourth-order valence-corrected chi connectivity index (χ4v) is 2.89. The third kappa shape index (κ3) is 2.64. The lowest BCUT2D eigenvalue weighted by Gasteiger charge is -2.26. The first-order valence-electron chi connectivity index (χ1n) is 7.32. The molecule has 5 heteroatoms. The maximum atomic E-state index is 14.0. The molecule has 1 aromatic carbocycles. The molecule has 0 saturated carbocycles. The van der Waals surface area contributed by atoms with Crippen molar-refractivity contribution in [1.82, 2.24) is 9.78 Å². The number of fused-ring (bicyclic) bond motifs is 1. The molecule has 0 spiro atoms. The van der Waals surface area contributed by atoms with Crippen molar-refractivity contribution in [2.45, 2.75) is 32.7 Å². The van der Waals surface area contributed by atoms with Crippen LogP contribution in [-0.2, 0) is 6.42 Å². The van der Waals surface area contributed by atoms with Gasteiger partial charge in [-0.05, 0) is 30.9 Å². The molecular weight excluding hydrogens is 272 g/mol. The van der Waals surface area contributed by atoms with Crippen molar-refractivity contribution in [1.29, 1.82) is 0 Å². The Kier molecular flexibility index (Phi) is 3.66. The lowest BCUT2D eigenvalue weighted by Crippen LogP contribution is -2.25. The summed E-state index contributed by atoms with van der Waals surface area (Å²) in [7, 11) is 0. The standard InChI is InChI=1S/C16H19F2N3/c1-10(2)8-11-9-15-19-7-6-14(21(15)20-11)16-12(17)4-3-5-13(16)18/h3-5,9-10,14,19H,6-8H2,1-2H3. The first-order chi connectivity index (χ1) is 10.1. The molecule has 1 aromatic heterocycles. The Morgan fingerprint density at radius 2 is 2.05 bits per heavy atom. The number of anilines is 1. The molecule has 21 heavy (non-hydrogen) atoms. The molecule has 2 aromatic rings. The second-order valence-corrected chi connectivity index (χ2v) is 5.93. The summed E-state index contributed by atoms with van der Waals surface area (Å²) in [6.45, 7) is 4.94. The van der Waals surface area contributed by atoms with Crippen molar-refractivity contribution < 1.29 is 8.78 Å². The summed E-state index contributed by atoms with van der Waals surface area (Å²) in [5, 5.41) is 7.80. The molecule has 2 heterocycles. The van der Waals surface area contributed by atoms with Gasteiger partial charge in [-0.25, -0.2) is 13.5 Å². The van der Waals surface area contributed by atoms with E-state index in [1.807, 2.05) is 6.07 Å². The maximum absolute atomic E-state index is 14.0. The van der Waals surface area contributed by atoms with Crippen molar-refractivity contribution in [2.24, 2.45) is 5.92 Å². The van der Waals surface area contributed by atoms with E-state index in [4.69, 9.17) is 0 Å². The number of halogens is 2. The van der Waals surface area contributed by atoms with Crippen LogP contribution in [0.2, 0.25) is 0 Å². The highest BCUT2D eigenvalue weighted by atomic mass is 19.1. The molecule has 0 amide bonds. The smallest absolute Gasteiger partial charge is 0.131 e. The average Bonchev–Trinajstić information content (AvgIpc) is 2.80. The minimum absolute atomic E-state index is 0.111. The van der Waals surface area contributed by atoms with Gasteiger partial charge in [-0.1, -0.05) is 19.9 Å². The van der Waals surface area contributed by atoms with Crippen LogP contribution in [0.1, 0.15) is 37.6 Å². The Morgan fingerprint density at radius 1 is 1.33 bits per heavy atom. The first kappa shape index (κ1) is 14.0. The van der Waals surface area contributed by atoms with Crippen LogP contribution in [0.15, 0.2) is 24.3 Å². The summed E-state index contributed by atoms with van der Waals surface area (Å²) >= 11 is 0. The van der Waals surface area contributed by atoms with Crippen LogP contribution in [0.5, 0.6) is 0 Å². The highest BCUT2D eigenvalue weighted by Crippen LogP contribution is 2.33. The summed E-state index contributed by atoms with van der Waals surface area (Å²) < 4.78 is 29.8. The molecule has 3 nitrogen and oxygen atoms in total. The first-order valence-corrected chi connectivity index (χ1v) is 7.32. The molecule has 0 fully saturated rings. The second-order valence-electron chi connectivity index (χ2n) is 5.93. The van der Waals surface area contributed by atoms with Gasteiger partial charge >= 0.3 is 0 Å². The van der Waals surface area contributed by atoms with Crippen LogP contribution >= 0.6 is 0 Å². The van der Waals surface area contributed by atoms with Gasteiger partial charge in [0.25, 0.3) is 0 Å². The van der Waals surface area contributed by atoms with E-state index in [0.717, 1.165) is 17.9 Å². The van der Waals surface area contributed by atoms with Crippen LogP contribution in [0, 0.1) is 17.6 Å².